The third-order valence-corrected chi connectivity index (χ3v) is 7.85. The van der Waals surface area contributed by atoms with Crippen LogP contribution in [0.4, 0.5) is 0 Å². The molecule has 2 nitrogen and oxygen atoms in total. The fourth-order valence-electron chi connectivity index (χ4n) is 3.54. The second-order valence-corrected chi connectivity index (χ2v) is 8.09. The maximum atomic E-state index is 10.3. The minimum absolute atomic E-state index is 0.0327. The van der Waals surface area contributed by atoms with E-state index in [1.54, 1.807) is 0 Å². The first-order valence-corrected chi connectivity index (χ1v) is 8.71. The van der Waals surface area contributed by atoms with Gasteiger partial charge in [-0.1, -0.05) is 70.0 Å². The third-order valence-electron chi connectivity index (χ3n) is 5.13. The number of rotatable bonds is 1. The van der Waals surface area contributed by atoms with Crippen LogP contribution in [0.25, 0.3) is 0 Å². The van der Waals surface area contributed by atoms with E-state index in [-0.39, 0.29) is 15.7 Å². The van der Waals surface area contributed by atoms with Crippen molar-refractivity contribution in [3.8, 4) is 0 Å². The van der Waals surface area contributed by atoms with Gasteiger partial charge in [0.05, 0.1) is 11.7 Å². The standard InChI is InChI=1S/C15H22Br2O2/c1-10-8-11(18)12(17)13(2,3)15(10)6-4-14(19,9-16)5-7-15/h4,6,11-12,18-19H,1,5,7-9H2,2-3H3/t11-,12-,14+,15-/m1/s1. The maximum absolute atomic E-state index is 10.3. The van der Waals surface area contributed by atoms with Gasteiger partial charge in [-0.15, -0.1) is 0 Å². The molecule has 1 spiro atoms. The van der Waals surface area contributed by atoms with E-state index in [1.807, 2.05) is 6.08 Å². The van der Waals surface area contributed by atoms with Gasteiger partial charge < -0.3 is 10.2 Å². The summed E-state index contributed by atoms with van der Waals surface area (Å²) in [6.07, 6.45) is 5.85. The Kier molecular flexibility index (Phi) is 4.12. The maximum Gasteiger partial charge on any atom is 0.0924 e. The number of allylic oxidation sites excluding steroid dienone is 1. The van der Waals surface area contributed by atoms with Crippen LogP contribution in [0.3, 0.4) is 0 Å². The first kappa shape index (κ1) is 15.7. The zero-order chi connectivity index (χ0) is 14.5. The zero-order valence-corrected chi connectivity index (χ0v) is 14.7. The Labute approximate surface area is 132 Å². The number of alkyl halides is 2. The lowest BCUT2D eigenvalue weighted by molar-refractivity contribution is 0.00381. The Morgan fingerprint density at radius 3 is 2.47 bits per heavy atom. The van der Waals surface area contributed by atoms with Crippen molar-refractivity contribution in [3.05, 3.63) is 24.3 Å². The van der Waals surface area contributed by atoms with Gasteiger partial charge in [-0.25, -0.2) is 0 Å². The minimum Gasteiger partial charge on any atom is -0.392 e. The molecule has 2 rings (SSSR count). The molecule has 0 aromatic heterocycles. The van der Waals surface area contributed by atoms with Gasteiger partial charge in [0.2, 0.25) is 0 Å². The minimum atomic E-state index is -0.751. The molecule has 1 fully saturated rings. The van der Waals surface area contributed by atoms with Gasteiger partial charge in [-0.2, -0.15) is 0 Å². The average Bonchev–Trinajstić information content (AvgIpc) is 2.37. The summed E-state index contributed by atoms with van der Waals surface area (Å²) in [4.78, 5) is 0.0327. The molecule has 4 heteroatoms. The number of hydrogen-bond donors (Lipinski definition) is 2. The van der Waals surface area contributed by atoms with Gasteiger partial charge in [-0.3, -0.25) is 0 Å². The first-order valence-electron chi connectivity index (χ1n) is 6.68. The van der Waals surface area contributed by atoms with Crippen LogP contribution in [0.15, 0.2) is 24.3 Å². The number of hydrogen-bond acceptors (Lipinski definition) is 2. The van der Waals surface area contributed by atoms with Crippen molar-refractivity contribution in [2.24, 2.45) is 10.8 Å². The van der Waals surface area contributed by atoms with Crippen LogP contribution >= 0.6 is 31.9 Å². The molecule has 0 radical (unpaired) electrons. The topological polar surface area (TPSA) is 40.5 Å². The summed E-state index contributed by atoms with van der Waals surface area (Å²) in [5.74, 6) is 0. The molecule has 0 amide bonds. The van der Waals surface area contributed by atoms with Crippen molar-refractivity contribution in [1.29, 1.82) is 0 Å². The monoisotopic (exact) mass is 392 g/mol. The summed E-state index contributed by atoms with van der Waals surface area (Å²) in [6.45, 7) is 8.56. The number of aliphatic hydroxyl groups excluding tert-OH is 1. The molecule has 19 heavy (non-hydrogen) atoms. The van der Waals surface area contributed by atoms with E-state index in [1.165, 1.54) is 0 Å². The highest BCUT2D eigenvalue weighted by Gasteiger charge is 2.56. The molecular weight excluding hydrogens is 372 g/mol. The Hall–Kier alpha value is 0.360. The van der Waals surface area contributed by atoms with Crippen LogP contribution in [0.2, 0.25) is 0 Å². The van der Waals surface area contributed by atoms with Gasteiger partial charge in [0, 0.05) is 15.6 Å². The molecule has 0 bridgehead atoms. The second-order valence-electron chi connectivity index (χ2n) is 6.54. The summed E-state index contributed by atoms with van der Waals surface area (Å²) >= 11 is 7.03. The molecule has 0 aromatic carbocycles. The largest absolute Gasteiger partial charge is 0.392 e. The SMILES string of the molecule is C=C1C[C@@H](O)[C@@H](Br)C(C)(C)[C@@]12C=C[C@@](O)(CBr)CC2. The molecule has 2 aliphatic rings. The lowest BCUT2D eigenvalue weighted by Crippen LogP contribution is -2.55. The fraction of sp³-hybridized carbons (Fsp3) is 0.733. The summed E-state index contributed by atoms with van der Waals surface area (Å²) in [5, 5.41) is 21.1. The predicted molar refractivity (Wildman–Crippen MR) is 85.8 cm³/mol. The van der Waals surface area contributed by atoms with Crippen LogP contribution in [-0.4, -0.2) is 32.1 Å². The lowest BCUT2D eigenvalue weighted by Gasteiger charge is -2.56. The van der Waals surface area contributed by atoms with Crippen molar-refractivity contribution in [2.75, 3.05) is 5.33 Å². The number of halogens is 2. The molecule has 0 heterocycles. The highest BCUT2D eigenvalue weighted by atomic mass is 79.9. The van der Waals surface area contributed by atoms with Gasteiger partial charge >= 0.3 is 0 Å². The highest BCUT2D eigenvalue weighted by Crippen LogP contribution is 2.60. The molecule has 2 aliphatic carbocycles. The first-order chi connectivity index (χ1) is 8.68. The molecular formula is C15H22Br2O2. The van der Waals surface area contributed by atoms with Gasteiger partial charge in [0.15, 0.2) is 0 Å². The normalized spacial score (nSPS) is 45.7. The number of aliphatic hydroxyl groups is 2. The van der Waals surface area contributed by atoms with Gasteiger partial charge in [0.25, 0.3) is 0 Å². The summed E-state index contributed by atoms with van der Waals surface area (Å²) in [7, 11) is 0. The highest BCUT2D eigenvalue weighted by molar-refractivity contribution is 9.09. The van der Waals surface area contributed by atoms with Crippen LogP contribution in [-0.2, 0) is 0 Å². The van der Waals surface area contributed by atoms with E-state index >= 15 is 0 Å². The average molecular weight is 394 g/mol. The van der Waals surface area contributed by atoms with Crippen LogP contribution in [0.1, 0.15) is 33.1 Å². The van der Waals surface area contributed by atoms with E-state index in [2.05, 4.69) is 58.4 Å². The molecule has 1 saturated carbocycles. The van der Waals surface area contributed by atoms with Gasteiger partial charge in [0.1, 0.15) is 0 Å². The predicted octanol–water partition coefficient (Wildman–Crippen LogP) is 3.56. The van der Waals surface area contributed by atoms with E-state index in [9.17, 15) is 10.2 Å². The summed E-state index contributed by atoms with van der Waals surface area (Å²) in [6, 6.07) is 0. The molecule has 0 saturated heterocycles. The van der Waals surface area contributed by atoms with E-state index in [4.69, 9.17) is 0 Å². The molecule has 108 valence electrons. The lowest BCUT2D eigenvalue weighted by atomic mass is 9.51. The Morgan fingerprint density at radius 1 is 1.37 bits per heavy atom. The van der Waals surface area contributed by atoms with Crippen LogP contribution in [0.5, 0.6) is 0 Å². The summed E-state index contributed by atoms with van der Waals surface area (Å²) in [5.41, 5.74) is 0.0498. The van der Waals surface area contributed by atoms with Crippen molar-refractivity contribution in [2.45, 2.75) is 49.6 Å². The molecule has 4 atom stereocenters. The Balaban J connectivity index is 2.43. The van der Waals surface area contributed by atoms with Crippen molar-refractivity contribution in [1.82, 2.24) is 0 Å². The molecule has 0 aliphatic heterocycles. The van der Waals surface area contributed by atoms with E-state index in [0.29, 0.717) is 18.2 Å². The fourth-order valence-corrected chi connectivity index (χ4v) is 4.60. The Bertz CT molecular complexity index is 418. The second kappa shape index (κ2) is 4.97. The smallest absolute Gasteiger partial charge is 0.0924 e. The van der Waals surface area contributed by atoms with Crippen molar-refractivity contribution < 1.29 is 10.2 Å². The molecule has 0 aromatic rings. The quantitative estimate of drug-likeness (QED) is 0.528. The molecule has 0 unspecified atom stereocenters. The van der Waals surface area contributed by atoms with Crippen molar-refractivity contribution >= 4 is 31.9 Å². The van der Waals surface area contributed by atoms with E-state index < -0.39 is 11.7 Å². The summed E-state index contributed by atoms with van der Waals surface area (Å²) < 4.78 is 0. The van der Waals surface area contributed by atoms with E-state index in [0.717, 1.165) is 12.0 Å². The third kappa shape index (κ3) is 2.29. The van der Waals surface area contributed by atoms with Crippen LogP contribution in [0, 0.1) is 10.8 Å². The molecule has 2 N–H and O–H groups in total. The van der Waals surface area contributed by atoms with Crippen LogP contribution < -0.4 is 0 Å². The Morgan fingerprint density at radius 2 is 2.00 bits per heavy atom. The zero-order valence-electron chi connectivity index (χ0n) is 11.5. The van der Waals surface area contributed by atoms with Crippen molar-refractivity contribution in [3.63, 3.8) is 0 Å². The van der Waals surface area contributed by atoms with Gasteiger partial charge in [-0.05, 0) is 24.7 Å².